The second-order valence-corrected chi connectivity index (χ2v) is 5.04. The molecule has 0 unspecified atom stereocenters. The number of amides is 1. The number of benzene rings is 1. The summed E-state index contributed by atoms with van der Waals surface area (Å²) < 4.78 is 4.95. The van der Waals surface area contributed by atoms with Gasteiger partial charge in [0.2, 0.25) is 0 Å². The van der Waals surface area contributed by atoms with Crippen molar-refractivity contribution in [2.75, 3.05) is 18.6 Å². The van der Waals surface area contributed by atoms with Gasteiger partial charge in [-0.15, -0.1) is 0 Å². The van der Waals surface area contributed by atoms with Gasteiger partial charge in [-0.3, -0.25) is 9.78 Å². The Bertz CT molecular complexity index is 712. The van der Waals surface area contributed by atoms with Crippen molar-refractivity contribution in [1.29, 1.82) is 0 Å². The Kier molecular flexibility index (Phi) is 6.22. The maximum Gasteiger partial charge on any atom is 0.328 e. The standard InChI is InChI=1S/C18H18N2O4/c1-24-13-17(21)20(12-15-3-2-10-19-11-15)16-7-4-14(5-8-16)6-9-18(22)23/h2-11H,12-13H2,1H3,(H,22,23)/b9-6+. The highest BCUT2D eigenvalue weighted by molar-refractivity contribution is 5.94. The van der Waals surface area contributed by atoms with E-state index in [-0.39, 0.29) is 12.5 Å². The first-order chi connectivity index (χ1) is 11.6. The summed E-state index contributed by atoms with van der Waals surface area (Å²) in [6.07, 6.45) is 5.94. The third-order valence-electron chi connectivity index (χ3n) is 3.26. The van der Waals surface area contributed by atoms with Crippen LogP contribution in [0, 0.1) is 0 Å². The summed E-state index contributed by atoms with van der Waals surface area (Å²) in [7, 11) is 1.47. The van der Waals surface area contributed by atoms with Gasteiger partial charge >= 0.3 is 5.97 Å². The largest absolute Gasteiger partial charge is 0.478 e. The van der Waals surface area contributed by atoms with Crippen molar-refractivity contribution in [3.05, 3.63) is 66.0 Å². The van der Waals surface area contributed by atoms with Crippen molar-refractivity contribution in [3.8, 4) is 0 Å². The van der Waals surface area contributed by atoms with Gasteiger partial charge in [-0.2, -0.15) is 0 Å². The van der Waals surface area contributed by atoms with Crippen LogP contribution in [0.15, 0.2) is 54.9 Å². The fraction of sp³-hybridized carbons (Fsp3) is 0.167. The number of carboxylic acids is 1. The maximum absolute atomic E-state index is 12.3. The van der Waals surface area contributed by atoms with E-state index >= 15 is 0 Å². The van der Waals surface area contributed by atoms with Gasteiger partial charge < -0.3 is 14.7 Å². The summed E-state index contributed by atoms with van der Waals surface area (Å²) in [6, 6.07) is 10.8. The van der Waals surface area contributed by atoms with E-state index in [1.54, 1.807) is 41.6 Å². The van der Waals surface area contributed by atoms with Gasteiger partial charge in [0.25, 0.3) is 5.91 Å². The molecule has 6 nitrogen and oxygen atoms in total. The topological polar surface area (TPSA) is 79.7 Å². The third kappa shape index (κ3) is 5.03. The summed E-state index contributed by atoms with van der Waals surface area (Å²) in [5, 5.41) is 8.65. The van der Waals surface area contributed by atoms with Crippen LogP contribution in [-0.2, 0) is 20.9 Å². The molecule has 1 aromatic carbocycles. The molecule has 0 saturated heterocycles. The minimum atomic E-state index is -1.01. The second-order valence-electron chi connectivity index (χ2n) is 5.04. The zero-order valence-corrected chi connectivity index (χ0v) is 13.3. The molecule has 24 heavy (non-hydrogen) atoms. The summed E-state index contributed by atoms with van der Waals surface area (Å²) >= 11 is 0. The first-order valence-electron chi connectivity index (χ1n) is 7.29. The van der Waals surface area contributed by atoms with E-state index in [0.29, 0.717) is 12.2 Å². The second kappa shape index (κ2) is 8.59. The molecule has 0 bridgehead atoms. The van der Waals surface area contributed by atoms with Crippen molar-refractivity contribution in [2.24, 2.45) is 0 Å². The maximum atomic E-state index is 12.3. The van der Waals surface area contributed by atoms with Crippen molar-refractivity contribution in [2.45, 2.75) is 6.54 Å². The number of pyridine rings is 1. The van der Waals surface area contributed by atoms with Crippen LogP contribution in [0.4, 0.5) is 5.69 Å². The third-order valence-corrected chi connectivity index (χ3v) is 3.26. The highest BCUT2D eigenvalue weighted by atomic mass is 16.5. The number of hydrogen-bond donors (Lipinski definition) is 1. The molecule has 1 heterocycles. The van der Waals surface area contributed by atoms with Crippen LogP contribution < -0.4 is 4.90 Å². The molecule has 0 fully saturated rings. The summed E-state index contributed by atoms with van der Waals surface area (Å²) in [5.41, 5.74) is 2.34. The number of carbonyl (C=O) groups excluding carboxylic acids is 1. The van der Waals surface area contributed by atoms with Crippen LogP contribution in [-0.4, -0.2) is 35.7 Å². The lowest BCUT2D eigenvalue weighted by molar-refractivity contribution is -0.131. The molecule has 1 N–H and O–H groups in total. The van der Waals surface area contributed by atoms with Crippen LogP contribution in [0.3, 0.4) is 0 Å². The molecule has 124 valence electrons. The highest BCUT2D eigenvalue weighted by Gasteiger charge is 2.16. The molecule has 0 spiro atoms. The lowest BCUT2D eigenvalue weighted by Crippen LogP contribution is -2.33. The number of hydrogen-bond acceptors (Lipinski definition) is 4. The average molecular weight is 326 g/mol. The SMILES string of the molecule is COCC(=O)N(Cc1cccnc1)c1ccc(/C=C/C(=O)O)cc1. The first kappa shape index (κ1) is 17.4. The molecule has 0 saturated carbocycles. The number of carbonyl (C=O) groups is 2. The molecule has 1 aromatic heterocycles. The zero-order chi connectivity index (χ0) is 17.4. The number of anilines is 1. The van der Waals surface area contributed by atoms with Crippen LogP contribution in [0.5, 0.6) is 0 Å². The number of ether oxygens (including phenoxy) is 1. The number of rotatable bonds is 7. The summed E-state index contributed by atoms with van der Waals surface area (Å²) in [5.74, 6) is -1.18. The summed E-state index contributed by atoms with van der Waals surface area (Å²) in [6.45, 7) is 0.348. The van der Waals surface area contributed by atoms with Gasteiger partial charge in [0, 0.05) is 31.3 Å². The molecular formula is C18H18N2O4. The first-order valence-corrected chi connectivity index (χ1v) is 7.29. The van der Waals surface area contributed by atoms with E-state index in [1.807, 2.05) is 12.1 Å². The molecule has 0 aliphatic heterocycles. The quantitative estimate of drug-likeness (QED) is 0.790. The van der Waals surface area contributed by atoms with E-state index in [0.717, 1.165) is 17.2 Å². The Hall–Kier alpha value is -2.99. The van der Waals surface area contributed by atoms with E-state index < -0.39 is 5.97 Å². The van der Waals surface area contributed by atoms with Crippen molar-refractivity contribution in [1.82, 2.24) is 4.98 Å². The predicted octanol–water partition coefficient (Wildman–Crippen LogP) is 2.36. The monoisotopic (exact) mass is 326 g/mol. The van der Waals surface area contributed by atoms with E-state index in [9.17, 15) is 9.59 Å². The van der Waals surface area contributed by atoms with E-state index in [4.69, 9.17) is 9.84 Å². The molecule has 6 heteroatoms. The van der Waals surface area contributed by atoms with Gasteiger partial charge in [0.05, 0.1) is 6.54 Å². The number of carboxylic acid groups (broad SMARTS) is 1. The lowest BCUT2D eigenvalue weighted by Gasteiger charge is -2.22. The number of aliphatic carboxylic acids is 1. The molecule has 0 aliphatic rings. The van der Waals surface area contributed by atoms with E-state index in [1.165, 1.54) is 13.2 Å². The number of aromatic nitrogens is 1. The Morgan fingerprint density at radius 2 is 2.00 bits per heavy atom. The smallest absolute Gasteiger partial charge is 0.328 e. The average Bonchev–Trinajstić information content (AvgIpc) is 2.59. The van der Waals surface area contributed by atoms with Crippen molar-refractivity contribution in [3.63, 3.8) is 0 Å². The zero-order valence-electron chi connectivity index (χ0n) is 13.3. The Balaban J connectivity index is 2.23. The normalized spacial score (nSPS) is 10.7. The van der Waals surface area contributed by atoms with Gasteiger partial charge in [-0.1, -0.05) is 18.2 Å². The molecule has 1 amide bonds. The fourth-order valence-corrected chi connectivity index (χ4v) is 2.13. The Morgan fingerprint density at radius 3 is 2.58 bits per heavy atom. The Labute approximate surface area is 140 Å². The van der Waals surface area contributed by atoms with Crippen LogP contribution in [0.1, 0.15) is 11.1 Å². The predicted molar refractivity (Wildman–Crippen MR) is 90.4 cm³/mol. The van der Waals surface area contributed by atoms with E-state index in [2.05, 4.69) is 4.98 Å². The minimum Gasteiger partial charge on any atom is -0.478 e. The Morgan fingerprint density at radius 1 is 1.25 bits per heavy atom. The molecule has 2 aromatic rings. The van der Waals surface area contributed by atoms with Crippen LogP contribution in [0.2, 0.25) is 0 Å². The molecule has 2 rings (SSSR count). The van der Waals surface area contributed by atoms with Crippen LogP contribution >= 0.6 is 0 Å². The van der Waals surface area contributed by atoms with Crippen LogP contribution in [0.25, 0.3) is 6.08 Å². The summed E-state index contributed by atoms with van der Waals surface area (Å²) in [4.78, 5) is 28.5. The van der Waals surface area contributed by atoms with Gasteiger partial charge in [-0.05, 0) is 35.4 Å². The van der Waals surface area contributed by atoms with Crippen molar-refractivity contribution < 1.29 is 19.4 Å². The molecule has 0 atom stereocenters. The van der Waals surface area contributed by atoms with Crippen molar-refractivity contribution >= 4 is 23.6 Å². The van der Waals surface area contributed by atoms with Gasteiger partial charge in [0.1, 0.15) is 6.61 Å². The minimum absolute atomic E-state index is 0.0269. The fourth-order valence-electron chi connectivity index (χ4n) is 2.13. The van der Waals surface area contributed by atoms with Gasteiger partial charge in [0.15, 0.2) is 0 Å². The number of methoxy groups -OCH3 is 1. The lowest BCUT2D eigenvalue weighted by atomic mass is 10.1. The van der Waals surface area contributed by atoms with Gasteiger partial charge in [-0.25, -0.2) is 4.79 Å². The molecular weight excluding hydrogens is 308 g/mol. The molecule has 0 aliphatic carbocycles. The molecule has 0 radical (unpaired) electrons. The number of nitrogens with zero attached hydrogens (tertiary/aromatic N) is 2. The highest BCUT2D eigenvalue weighted by Crippen LogP contribution is 2.19.